The van der Waals surface area contributed by atoms with Crippen LogP contribution in [0.5, 0.6) is 0 Å². The van der Waals surface area contributed by atoms with Gasteiger partial charge in [-0.1, -0.05) is 91.8 Å². The van der Waals surface area contributed by atoms with Crippen LogP contribution in [0.25, 0.3) is 0 Å². The standard InChI is InChI=1S/C27H38N2.Au.H2O/c1-18(2)22-11-9-12-23(19(3)4)26(22)28-15-16-29(17-28)27-24(20(5)6)13-10-14-25(27)21(7)8;;/h9-16,18-21H,17H2,1-8H3;;1H2. The smallest absolute Gasteiger partial charge is 0.0989 e. The van der Waals surface area contributed by atoms with E-state index in [1.807, 2.05) is 0 Å². The molecule has 3 nitrogen and oxygen atoms in total. The van der Waals surface area contributed by atoms with E-state index in [2.05, 4.69) is 114 Å². The fourth-order valence-electron chi connectivity index (χ4n) is 4.40. The maximum atomic E-state index is 2.45. The zero-order chi connectivity index (χ0) is 21.3. The minimum Gasteiger partial charge on any atom is -0.412 e. The fraction of sp³-hybridized carbons (Fsp3) is 0.481. The van der Waals surface area contributed by atoms with Crippen LogP contribution in [0, 0.1) is 0 Å². The van der Waals surface area contributed by atoms with E-state index in [0.29, 0.717) is 23.7 Å². The maximum Gasteiger partial charge on any atom is 0.0989 e. The quantitative estimate of drug-likeness (QED) is 0.330. The zero-order valence-corrected chi connectivity index (χ0v) is 22.5. The summed E-state index contributed by atoms with van der Waals surface area (Å²) < 4.78 is 0. The molecule has 0 fully saturated rings. The van der Waals surface area contributed by atoms with Crippen LogP contribution in [0.15, 0.2) is 48.8 Å². The van der Waals surface area contributed by atoms with Crippen LogP contribution < -0.4 is 9.80 Å². The van der Waals surface area contributed by atoms with Crippen molar-refractivity contribution in [3.63, 3.8) is 0 Å². The number of anilines is 2. The van der Waals surface area contributed by atoms with Gasteiger partial charge in [0.2, 0.25) is 0 Å². The fourth-order valence-corrected chi connectivity index (χ4v) is 4.40. The normalized spacial score (nSPS) is 13.4. The van der Waals surface area contributed by atoms with E-state index in [4.69, 9.17) is 0 Å². The van der Waals surface area contributed by atoms with E-state index in [0.717, 1.165) is 6.67 Å². The van der Waals surface area contributed by atoms with Crippen molar-refractivity contribution in [2.24, 2.45) is 0 Å². The Bertz CT molecular complexity index is 763. The second-order valence-corrected chi connectivity index (χ2v) is 9.57. The third-order valence-electron chi connectivity index (χ3n) is 5.99. The topological polar surface area (TPSA) is 38.0 Å². The summed E-state index contributed by atoms with van der Waals surface area (Å²) >= 11 is 0. The zero-order valence-electron chi connectivity index (χ0n) is 20.3. The summed E-state index contributed by atoms with van der Waals surface area (Å²) in [6, 6.07) is 13.6. The molecule has 2 N–H and O–H groups in total. The summed E-state index contributed by atoms with van der Waals surface area (Å²) in [6.45, 7) is 19.2. The summed E-state index contributed by atoms with van der Waals surface area (Å²) in [5.74, 6) is 2.00. The van der Waals surface area contributed by atoms with Crippen LogP contribution in [0.4, 0.5) is 11.4 Å². The van der Waals surface area contributed by atoms with Crippen molar-refractivity contribution >= 4 is 11.4 Å². The minimum atomic E-state index is 0. The third-order valence-corrected chi connectivity index (χ3v) is 5.99. The van der Waals surface area contributed by atoms with Gasteiger partial charge in [-0.05, 0) is 45.9 Å². The molecule has 0 saturated carbocycles. The third kappa shape index (κ3) is 5.64. The maximum absolute atomic E-state index is 2.45. The molecule has 0 spiro atoms. The van der Waals surface area contributed by atoms with Crippen LogP contribution in [0.3, 0.4) is 0 Å². The van der Waals surface area contributed by atoms with Gasteiger partial charge in [-0.2, -0.15) is 0 Å². The first-order chi connectivity index (χ1) is 13.7. The summed E-state index contributed by atoms with van der Waals surface area (Å²) in [6.07, 6.45) is 4.54. The molecule has 0 aromatic heterocycles. The Morgan fingerprint density at radius 1 is 0.548 bits per heavy atom. The molecule has 3 rings (SSSR count). The Balaban J connectivity index is 0.00000240. The van der Waals surface area contributed by atoms with Crippen LogP contribution in [-0.2, 0) is 22.4 Å². The molecule has 0 unspecified atom stereocenters. The van der Waals surface area contributed by atoms with Gasteiger partial charge in [0.25, 0.3) is 0 Å². The SMILES string of the molecule is CC(C)c1cccc(C(C)C)c1N1C=CN(c2c(C(C)C)cccc2C(C)C)C1.O.[Au]. The molecule has 0 amide bonds. The molecule has 1 aliphatic rings. The monoisotopic (exact) mass is 605 g/mol. The van der Waals surface area contributed by atoms with Gasteiger partial charge in [0.15, 0.2) is 0 Å². The first kappa shape index (κ1) is 27.5. The summed E-state index contributed by atoms with van der Waals surface area (Å²) in [5, 5.41) is 0. The molecule has 1 heterocycles. The summed E-state index contributed by atoms with van der Waals surface area (Å²) in [5.41, 5.74) is 8.52. The summed E-state index contributed by atoms with van der Waals surface area (Å²) in [7, 11) is 0. The summed E-state index contributed by atoms with van der Waals surface area (Å²) in [4.78, 5) is 4.90. The number of hydrogen-bond acceptors (Lipinski definition) is 2. The van der Waals surface area contributed by atoms with Crippen molar-refractivity contribution in [1.82, 2.24) is 0 Å². The Labute approximate surface area is 205 Å². The minimum absolute atomic E-state index is 0. The van der Waals surface area contributed by atoms with Gasteiger partial charge in [0.1, 0.15) is 0 Å². The average Bonchev–Trinajstić information content (AvgIpc) is 3.15. The molecular weight excluding hydrogens is 565 g/mol. The van der Waals surface area contributed by atoms with Gasteiger partial charge in [-0.15, -0.1) is 0 Å². The molecule has 1 aliphatic heterocycles. The molecule has 4 heteroatoms. The van der Waals surface area contributed by atoms with Crippen molar-refractivity contribution < 1.29 is 27.9 Å². The van der Waals surface area contributed by atoms with E-state index >= 15 is 0 Å². The van der Waals surface area contributed by atoms with Gasteiger partial charge < -0.3 is 15.3 Å². The van der Waals surface area contributed by atoms with Crippen molar-refractivity contribution in [2.45, 2.75) is 79.1 Å². The molecule has 0 aliphatic carbocycles. The van der Waals surface area contributed by atoms with Crippen molar-refractivity contribution in [1.29, 1.82) is 0 Å². The molecule has 0 atom stereocenters. The van der Waals surface area contributed by atoms with Gasteiger partial charge >= 0.3 is 0 Å². The van der Waals surface area contributed by atoms with Crippen LogP contribution >= 0.6 is 0 Å². The molecule has 2 aromatic rings. The predicted octanol–water partition coefficient (Wildman–Crippen LogP) is 7.11. The molecular formula is C27H40AuN2O. The van der Waals surface area contributed by atoms with E-state index in [1.54, 1.807) is 0 Å². The van der Waals surface area contributed by atoms with Gasteiger partial charge in [-0.3, -0.25) is 0 Å². The second kappa shape index (κ2) is 11.4. The van der Waals surface area contributed by atoms with Crippen LogP contribution in [0.1, 0.15) is 101 Å². The molecule has 175 valence electrons. The van der Waals surface area contributed by atoms with E-state index in [1.165, 1.54) is 33.6 Å². The average molecular weight is 606 g/mol. The van der Waals surface area contributed by atoms with E-state index in [-0.39, 0.29) is 27.9 Å². The first-order valence-corrected chi connectivity index (χ1v) is 11.2. The number of benzene rings is 2. The molecule has 0 saturated heterocycles. The Hall–Kier alpha value is -1.52. The van der Waals surface area contributed by atoms with Gasteiger partial charge in [0.05, 0.1) is 6.67 Å². The Morgan fingerprint density at radius 2 is 0.806 bits per heavy atom. The van der Waals surface area contributed by atoms with Crippen molar-refractivity contribution in [2.75, 3.05) is 16.5 Å². The molecule has 0 bridgehead atoms. The molecule has 1 radical (unpaired) electrons. The van der Waals surface area contributed by atoms with Crippen LogP contribution in [-0.4, -0.2) is 12.1 Å². The van der Waals surface area contributed by atoms with Crippen molar-refractivity contribution in [3.8, 4) is 0 Å². The largest absolute Gasteiger partial charge is 0.412 e. The number of rotatable bonds is 6. The van der Waals surface area contributed by atoms with Gasteiger partial charge in [0, 0.05) is 46.2 Å². The van der Waals surface area contributed by atoms with E-state index in [9.17, 15) is 0 Å². The van der Waals surface area contributed by atoms with Crippen LogP contribution in [0.2, 0.25) is 0 Å². The second-order valence-electron chi connectivity index (χ2n) is 9.57. The molecule has 31 heavy (non-hydrogen) atoms. The number of hydrogen-bond donors (Lipinski definition) is 0. The Kier molecular flexibility index (Phi) is 10.1. The van der Waals surface area contributed by atoms with Gasteiger partial charge in [-0.25, -0.2) is 0 Å². The Morgan fingerprint density at radius 3 is 1.03 bits per heavy atom. The van der Waals surface area contributed by atoms with Crippen molar-refractivity contribution in [3.05, 3.63) is 71.1 Å². The molecule has 2 aromatic carbocycles. The van der Waals surface area contributed by atoms with E-state index < -0.39 is 0 Å². The number of para-hydroxylation sites is 2. The number of nitrogens with zero attached hydrogens (tertiary/aromatic N) is 2. The first-order valence-electron chi connectivity index (χ1n) is 11.2. The predicted molar refractivity (Wildman–Crippen MR) is 132 cm³/mol.